The van der Waals surface area contributed by atoms with E-state index in [0.29, 0.717) is 18.3 Å². The fourth-order valence-corrected chi connectivity index (χ4v) is 2.91. The molecule has 1 aromatic carbocycles. The van der Waals surface area contributed by atoms with Crippen LogP contribution in [-0.2, 0) is 6.42 Å². The second-order valence-corrected chi connectivity index (χ2v) is 6.85. The van der Waals surface area contributed by atoms with Crippen molar-refractivity contribution in [1.82, 2.24) is 9.97 Å². The third-order valence-electron chi connectivity index (χ3n) is 4.17. The van der Waals surface area contributed by atoms with Gasteiger partial charge in [0, 0.05) is 31.3 Å². The molecule has 0 spiro atoms. The summed E-state index contributed by atoms with van der Waals surface area (Å²) in [5.74, 6) is 3.31. The van der Waals surface area contributed by atoms with Crippen LogP contribution in [0.15, 0.2) is 18.3 Å². The van der Waals surface area contributed by atoms with Gasteiger partial charge in [-0.2, -0.15) is 4.98 Å². The summed E-state index contributed by atoms with van der Waals surface area (Å²) in [5, 5.41) is 6.42. The van der Waals surface area contributed by atoms with Crippen molar-refractivity contribution in [2.75, 3.05) is 31.9 Å². The second-order valence-electron chi connectivity index (χ2n) is 6.85. The summed E-state index contributed by atoms with van der Waals surface area (Å²) in [7, 11) is 5.20. The molecule has 0 amide bonds. The van der Waals surface area contributed by atoms with Gasteiger partial charge in [-0.25, -0.2) is 4.98 Å². The quantitative estimate of drug-likeness (QED) is 0.741. The average Bonchev–Trinajstić information content (AvgIpc) is 2.61. The van der Waals surface area contributed by atoms with Gasteiger partial charge >= 0.3 is 0 Å². The van der Waals surface area contributed by atoms with Crippen LogP contribution in [0.5, 0.6) is 11.5 Å². The number of hydrogen-bond donors (Lipinski definition) is 2. The van der Waals surface area contributed by atoms with Crippen molar-refractivity contribution in [3.63, 3.8) is 0 Å². The molecule has 6 nitrogen and oxygen atoms in total. The number of anilines is 2. The lowest BCUT2D eigenvalue weighted by Crippen LogP contribution is -2.14. The van der Waals surface area contributed by atoms with Crippen molar-refractivity contribution in [3.8, 4) is 11.5 Å². The molecule has 1 aromatic heterocycles. The molecule has 6 heteroatoms. The first kappa shape index (κ1) is 19.8. The van der Waals surface area contributed by atoms with Gasteiger partial charge in [0.2, 0.25) is 5.95 Å². The maximum absolute atomic E-state index is 5.49. The number of nitrogens with one attached hydrogen (secondary N) is 2. The Balaban J connectivity index is 2.43. The Morgan fingerprint density at radius 3 is 2.19 bits per heavy atom. The predicted octanol–water partition coefficient (Wildman–Crippen LogP) is 4.07. The minimum Gasteiger partial charge on any atom is -0.493 e. The van der Waals surface area contributed by atoms with Gasteiger partial charge in [0.25, 0.3) is 0 Å². The summed E-state index contributed by atoms with van der Waals surface area (Å²) >= 11 is 0. The van der Waals surface area contributed by atoms with E-state index in [4.69, 9.17) is 9.47 Å². The lowest BCUT2D eigenvalue weighted by molar-refractivity contribution is 0.354. The van der Waals surface area contributed by atoms with E-state index in [1.54, 1.807) is 14.2 Å². The first-order valence-electron chi connectivity index (χ1n) is 8.94. The maximum Gasteiger partial charge on any atom is 0.224 e. The third kappa shape index (κ3) is 4.56. The van der Waals surface area contributed by atoms with Gasteiger partial charge in [0.15, 0.2) is 11.5 Å². The number of aromatic nitrogens is 2. The molecule has 2 N–H and O–H groups in total. The van der Waals surface area contributed by atoms with Gasteiger partial charge in [0.05, 0.1) is 14.2 Å². The summed E-state index contributed by atoms with van der Waals surface area (Å²) in [6.45, 7) is 8.48. The van der Waals surface area contributed by atoms with Crippen LogP contribution < -0.4 is 20.1 Å². The number of rotatable bonds is 8. The third-order valence-corrected chi connectivity index (χ3v) is 4.17. The predicted molar refractivity (Wildman–Crippen MR) is 107 cm³/mol. The smallest absolute Gasteiger partial charge is 0.224 e. The summed E-state index contributed by atoms with van der Waals surface area (Å²) in [4.78, 5) is 9.05. The number of methoxy groups -OCH3 is 2. The van der Waals surface area contributed by atoms with Crippen molar-refractivity contribution < 1.29 is 9.47 Å². The molecule has 142 valence electrons. The molecule has 0 atom stereocenters. The zero-order chi connectivity index (χ0) is 19.3. The minimum atomic E-state index is 0.281. The number of ether oxygens (including phenoxy) is 2. The molecule has 0 unspecified atom stereocenters. The van der Waals surface area contributed by atoms with Crippen molar-refractivity contribution in [1.29, 1.82) is 0 Å². The van der Waals surface area contributed by atoms with E-state index in [2.05, 4.69) is 54.4 Å². The normalized spacial score (nSPS) is 11.0. The van der Waals surface area contributed by atoms with Crippen LogP contribution in [0.25, 0.3) is 0 Å². The van der Waals surface area contributed by atoms with E-state index in [1.807, 2.05) is 19.3 Å². The average molecular weight is 358 g/mol. The highest BCUT2D eigenvalue weighted by molar-refractivity contribution is 5.53. The fourth-order valence-electron chi connectivity index (χ4n) is 2.91. The van der Waals surface area contributed by atoms with Crippen molar-refractivity contribution in [2.24, 2.45) is 0 Å². The van der Waals surface area contributed by atoms with Gasteiger partial charge in [0.1, 0.15) is 5.82 Å². The van der Waals surface area contributed by atoms with Gasteiger partial charge in [-0.1, -0.05) is 13.8 Å². The van der Waals surface area contributed by atoms with Crippen LogP contribution in [0.1, 0.15) is 50.3 Å². The molecule has 26 heavy (non-hydrogen) atoms. The standard InChI is InChI=1S/C20H30N4O2/c1-12(2)16-10-18(26-7)17(25-6)9-14(16)8-15-11-22-20(23-13(3)4)24-19(15)21-5/h9-13H,8H2,1-7H3,(H2,21,22,23,24). The van der Waals surface area contributed by atoms with Crippen LogP contribution >= 0.6 is 0 Å². The van der Waals surface area contributed by atoms with Crippen LogP contribution in [0.2, 0.25) is 0 Å². The van der Waals surface area contributed by atoms with E-state index in [-0.39, 0.29) is 6.04 Å². The SMILES string of the molecule is CNc1nc(NC(C)C)ncc1Cc1cc(OC)c(OC)cc1C(C)C. The second kappa shape index (κ2) is 8.74. The van der Waals surface area contributed by atoms with Gasteiger partial charge in [-0.3, -0.25) is 0 Å². The number of benzene rings is 1. The van der Waals surface area contributed by atoms with E-state index in [0.717, 1.165) is 22.9 Å². The Hall–Kier alpha value is -2.50. The minimum absolute atomic E-state index is 0.281. The van der Waals surface area contributed by atoms with Crippen LogP contribution in [0, 0.1) is 0 Å². The monoisotopic (exact) mass is 358 g/mol. The molecule has 0 aliphatic carbocycles. The Morgan fingerprint density at radius 1 is 1.00 bits per heavy atom. The first-order chi connectivity index (χ1) is 12.4. The Bertz CT molecular complexity index is 745. The van der Waals surface area contributed by atoms with Gasteiger partial charge < -0.3 is 20.1 Å². The van der Waals surface area contributed by atoms with Crippen molar-refractivity contribution in [2.45, 2.75) is 46.1 Å². The number of nitrogens with zero attached hydrogens (tertiary/aromatic N) is 2. The van der Waals surface area contributed by atoms with Crippen molar-refractivity contribution >= 4 is 11.8 Å². The molecule has 0 radical (unpaired) electrons. The molecule has 0 saturated carbocycles. The maximum atomic E-state index is 5.49. The molecular weight excluding hydrogens is 328 g/mol. The summed E-state index contributed by atoms with van der Waals surface area (Å²) in [6, 6.07) is 4.39. The van der Waals surface area contributed by atoms with E-state index in [1.165, 1.54) is 11.1 Å². The highest BCUT2D eigenvalue weighted by Gasteiger charge is 2.16. The molecule has 0 aliphatic heterocycles. The molecule has 1 heterocycles. The van der Waals surface area contributed by atoms with Gasteiger partial charge in [-0.15, -0.1) is 0 Å². The van der Waals surface area contributed by atoms with Crippen LogP contribution in [0.3, 0.4) is 0 Å². The topological polar surface area (TPSA) is 68.3 Å². The Kier molecular flexibility index (Phi) is 6.66. The molecule has 2 rings (SSSR count). The Labute approximate surface area is 156 Å². The zero-order valence-electron chi connectivity index (χ0n) is 16.8. The highest BCUT2D eigenvalue weighted by Crippen LogP contribution is 2.35. The molecular formula is C20H30N4O2. The first-order valence-corrected chi connectivity index (χ1v) is 8.94. The molecule has 0 saturated heterocycles. The molecule has 2 aromatic rings. The summed E-state index contributed by atoms with van der Waals surface area (Å²) in [6.07, 6.45) is 2.59. The summed E-state index contributed by atoms with van der Waals surface area (Å²) in [5.41, 5.74) is 3.45. The molecule has 0 aliphatic rings. The number of hydrogen-bond acceptors (Lipinski definition) is 6. The lowest BCUT2D eigenvalue weighted by Gasteiger charge is -2.18. The molecule has 0 bridgehead atoms. The van der Waals surface area contributed by atoms with Crippen LogP contribution in [0.4, 0.5) is 11.8 Å². The zero-order valence-corrected chi connectivity index (χ0v) is 16.8. The van der Waals surface area contributed by atoms with E-state index < -0.39 is 0 Å². The highest BCUT2D eigenvalue weighted by atomic mass is 16.5. The molecule has 0 fully saturated rings. The summed E-state index contributed by atoms with van der Waals surface area (Å²) < 4.78 is 10.9. The largest absolute Gasteiger partial charge is 0.493 e. The van der Waals surface area contributed by atoms with Crippen LogP contribution in [-0.4, -0.2) is 37.3 Å². The Morgan fingerprint density at radius 2 is 1.65 bits per heavy atom. The lowest BCUT2D eigenvalue weighted by atomic mass is 9.92. The van der Waals surface area contributed by atoms with E-state index in [9.17, 15) is 0 Å². The van der Waals surface area contributed by atoms with Crippen molar-refractivity contribution in [3.05, 3.63) is 35.0 Å². The van der Waals surface area contributed by atoms with E-state index >= 15 is 0 Å². The fraction of sp³-hybridized carbons (Fsp3) is 0.500. The van der Waals surface area contributed by atoms with Gasteiger partial charge in [-0.05, 0) is 43.0 Å².